The second kappa shape index (κ2) is 6.97. The molecular formula is C13H26N2O2. The first-order chi connectivity index (χ1) is 8.04. The van der Waals surface area contributed by atoms with Gasteiger partial charge in [-0.2, -0.15) is 0 Å². The van der Waals surface area contributed by atoms with Crippen molar-refractivity contribution in [2.45, 2.75) is 52.2 Å². The Kier molecular flexibility index (Phi) is 5.92. The molecule has 0 saturated carbocycles. The number of amides is 1. The Morgan fingerprint density at radius 2 is 2.24 bits per heavy atom. The zero-order valence-corrected chi connectivity index (χ0v) is 11.3. The molecule has 1 heterocycles. The SMILES string of the molecule is CCN(CC1CCCO1)C(=O)[C@H](N)CC(C)C. The molecule has 0 aliphatic carbocycles. The number of ether oxygens (including phenoxy) is 1. The first kappa shape index (κ1) is 14.5. The summed E-state index contributed by atoms with van der Waals surface area (Å²) >= 11 is 0. The first-order valence-electron chi connectivity index (χ1n) is 6.70. The van der Waals surface area contributed by atoms with E-state index in [0.29, 0.717) is 19.0 Å². The number of likely N-dealkylation sites (N-methyl/N-ethyl adjacent to an activating group) is 1. The van der Waals surface area contributed by atoms with Crippen molar-refractivity contribution >= 4 is 5.91 Å². The van der Waals surface area contributed by atoms with Gasteiger partial charge in [0.1, 0.15) is 0 Å². The van der Waals surface area contributed by atoms with Crippen molar-refractivity contribution in [3.63, 3.8) is 0 Å². The third-order valence-electron chi connectivity index (χ3n) is 3.18. The number of nitrogens with two attached hydrogens (primary N) is 1. The van der Waals surface area contributed by atoms with Crippen molar-refractivity contribution in [1.29, 1.82) is 0 Å². The van der Waals surface area contributed by atoms with Crippen molar-refractivity contribution in [1.82, 2.24) is 4.90 Å². The van der Waals surface area contributed by atoms with Gasteiger partial charge >= 0.3 is 0 Å². The highest BCUT2D eigenvalue weighted by molar-refractivity contribution is 5.81. The number of carbonyl (C=O) groups excluding carboxylic acids is 1. The Labute approximate surface area is 104 Å². The van der Waals surface area contributed by atoms with Gasteiger partial charge in [0.05, 0.1) is 12.1 Å². The molecule has 2 N–H and O–H groups in total. The van der Waals surface area contributed by atoms with Crippen LogP contribution < -0.4 is 5.73 Å². The third-order valence-corrected chi connectivity index (χ3v) is 3.18. The van der Waals surface area contributed by atoms with Crippen LogP contribution in [0.5, 0.6) is 0 Å². The van der Waals surface area contributed by atoms with Crippen LogP contribution in [0.15, 0.2) is 0 Å². The predicted octanol–water partition coefficient (Wildman–Crippen LogP) is 1.39. The fourth-order valence-electron chi connectivity index (χ4n) is 2.25. The molecule has 4 heteroatoms. The molecule has 0 aromatic heterocycles. The zero-order valence-electron chi connectivity index (χ0n) is 11.3. The summed E-state index contributed by atoms with van der Waals surface area (Å²) in [6.45, 7) is 8.40. The van der Waals surface area contributed by atoms with Crippen LogP contribution in [0.3, 0.4) is 0 Å². The Morgan fingerprint density at radius 3 is 2.71 bits per heavy atom. The molecule has 0 aromatic rings. The Balaban J connectivity index is 2.44. The molecule has 4 nitrogen and oxygen atoms in total. The van der Waals surface area contributed by atoms with Crippen molar-refractivity contribution in [2.24, 2.45) is 11.7 Å². The number of nitrogens with zero attached hydrogens (tertiary/aromatic N) is 1. The average molecular weight is 242 g/mol. The lowest BCUT2D eigenvalue weighted by Gasteiger charge is -2.27. The van der Waals surface area contributed by atoms with Crippen LogP contribution in [0.2, 0.25) is 0 Å². The van der Waals surface area contributed by atoms with E-state index in [0.717, 1.165) is 25.9 Å². The maximum absolute atomic E-state index is 12.1. The van der Waals surface area contributed by atoms with Crippen LogP contribution in [0.1, 0.15) is 40.0 Å². The molecule has 2 atom stereocenters. The second-order valence-corrected chi connectivity index (χ2v) is 5.25. The Bertz CT molecular complexity index is 238. The monoisotopic (exact) mass is 242 g/mol. The molecule has 1 saturated heterocycles. The minimum Gasteiger partial charge on any atom is -0.376 e. The summed E-state index contributed by atoms with van der Waals surface area (Å²) in [6.07, 6.45) is 3.13. The molecule has 17 heavy (non-hydrogen) atoms. The second-order valence-electron chi connectivity index (χ2n) is 5.25. The molecule has 0 spiro atoms. The van der Waals surface area contributed by atoms with Gasteiger partial charge in [0.15, 0.2) is 0 Å². The van der Waals surface area contributed by atoms with Gasteiger partial charge in [-0.1, -0.05) is 13.8 Å². The third kappa shape index (κ3) is 4.64. The van der Waals surface area contributed by atoms with E-state index < -0.39 is 0 Å². The van der Waals surface area contributed by atoms with Crippen LogP contribution in [0, 0.1) is 5.92 Å². The van der Waals surface area contributed by atoms with Crippen molar-refractivity contribution < 1.29 is 9.53 Å². The normalized spacial score (nSPS) is 21.8. The lowest BCUT2D eigenvalue weighted by Crippen LogP contribution is -2.47. The van der Waals surface area contributed by atoms with Gasteiger partial charge < -0.3 is 15.4 Å². The van der Waals surface area contributed by atoms with E-state index in [-0.39, 0.29) is 18.1 Å². The highest BCUT2D eigenvalue weighted by Crippen LogP contribution is 2.14. The largest absolute Gasteiger partial charge is 0.376 e. The highest BCUT2D eigenvalue weighted by atomic mass is 16.5. The molecule has 100 valence electrons. The molecule has 0 aromatic carbocycles. The van der Waals surface area contributed by atoms with Crippen molar-refractivity contribution in [2.75, 3.05) is 19.7 Å². The van der Waals surface area contributed by atoms with E-state index in [2.05, 4.69) is 13.8 Å². The van der Waals surface area contributed by atoms with E-state index in [1.807, 2.05) is 11.8 Å². The molecule has 1 rings (SSSR count). The van der Waals surface area contributed by atoms with Gasteiger partial charge in [0.2, 0.25) is 5.91 Å². The van der Waals surface area contributed by atoms with Crippen molar-refractivity contribution in [3.05, 3.63) is 0 Å². The zero-order chi connectivity index (χ0) is 12.8. The van der Waals surface area contributed by atoms with Gasteiger partial charge in [-0.05, 0) is 32.1 Å². The van der Waals surface area contributed by atoms with E-state index in [1.165, 1.54) is 0 Å². The van der Waals surface area contributed by atoms with E-state index in [9.17, 15) is 4.79 Å². The molecular weight excluding hydrogens is 216 g/mol. The summed E-state index contributed by atoms with van der Waals surface area (Å²) in [5, 5.41) is 0. The number of rotatable bonds is 6. The lowest BCUT2D eigenvalue weighted by atomic mass is 10.0. The van der Waals surface area contributed by atoms with Crippen molar-refractivity contribution in [3.8, 4) is 0 Å². The molecule has 0 bridgehead atoms. The fourth-order valence-corrected chi connectivity index (χ4v) is 2.25. The summed E-state index contributed by atoms with van der Waals surface area (Å²) in [5.41, 5.74) is 5.94. The lowest BCUT2D eigenvalue weighted by molar-refractivity contribution is -0.134. The standard InChI is InChI=1S/C13H26N2O2/c1-4-15(9-11-6-5-7-17-11)13(16)12(14)8-10(2)3/h10-12H,4-9,14H2,1-3H3/t11?,12-/m1/s1. The number of hydrogen-bond acceptors (Lipinski definition) is 3. The van der Waals surface area contributed by atoms with Gasteiger partial charge in [-0.25, -0.2) is 0 Å². The Morgan fingerprint density at radius 1 is 1.53 bits per heavy atom. The van der Waals surface area contributed by atoms with Crippen LogP contribution in [-0.2, 0) is 9.53 Å². The number of carbonyl (C=O) groups is 1. The quantitative estimate of drug-likeness (QED) is 0.765. The van der Waals surface area contributed by atoms with E-state index >= 15 is 0 Å². The summed E-state index contributed by atoms with van der Waals surface area (Å²) in [5.74, 6) is 0.520. The van der Waals surface area contributed by atoms with E-state index in [4.69, 9.17) is 10.5 Å². The number of hydrogen-bond donors (Lipinski definition) is 1. The summed E-state index contributed by atoms with van der Waals surface area (Å²) in [6, 6.07) is -0.364. The fraction of sp³-hybridized carbons (Fsp3) is 0.923. The summed E-state index contributed by atoms with van der Waals surface area (Å²) in [4.78, 5) is 14.0. The summed E-state index contributed by atoms with van der Waals surface area (Å²) < 4.78 is 5.56. The summed E-state index contributed by atoms with van der Waals surface area (Å²) in [7, 11) is 0. The van der Waals surface area contributed by atoms with E-state index in [1.54, 1.807) is 0 Å². The molecule has 1 unspecified atom stereocenters. The molecule has 1 aliphatic rings. The van der Waals surface area contributed by atoms with Crippen LogP contribution >= 0.6 is 0 Å². The minimum absolute atomic E-state index is 0.0664. The van der Waals surface area contributed by atoms with Crippen LogP contribution in [-0.4, -0.2) is 42.6 Å². The first-order valence-corrected chi connectivity index (χ1v) is 6.70. The highest BCUT2D eigenvalue weighted by Gasteiger charge is 2.25. The van der Waals surface area contributed by atoms with Crippen LogP contribution in [0.4, 0.5) is 0 Å². The molecule has 1 fully saturated rings. The van der Waals surface area contributed by atoms with Crippen LogP contribution in [0.25, 0.3) is 0 Å². The maximum Gasteiger partial charge on any atom is 0.239 e. The predicted molar refractivity (Wildman–Crippen MR) is 68.7 cm³/mol. The maximum atomic E-state index is 12.1. The molecule has 1 amide bonds. The van der Waals surface area contributed by atoms with Gasteiger partial charge in [0, 0.05) is 19.7 Å². The van der Waals surface area contributed by atoms with Gasteiger partial charge in [-0.15, -0.1) is 0 Å². The average Bonchev–Trinajstić information content (AvgIpc) is 2.76. The Hall–Kier alpha value is -0.610. The topological polar surface area (TPSA) is 55.6 Å². The molecule has 1 aliphatic heterocycles. The van der Waals surface area contributed by atoms with Gasteiger partial charge in [-0.3, -0.25) is 4.79 Å². The molecule has 0 radical (unpaired) electrons. The minimum atomic E-state index is -0.364. The smallest absolute Gasteiger partial charge is 0.239 e. The van der Waals surface area contributed by atoms with Gasteiger partial charge in [0.25, 0.3) is 0 Å².